The van der Waals surface area contributed by atoms with Gasteiger partial charge < -0.3 is 5.73 Å². The molecule has 0 aromatic heterocycles. The van der Waals surface area contributed by atoms with E-state index in [1.54, 1.807) is 0 Å². The minimum Gasteiger partial charge on any atom is -0.321 e. The lowest BCUT2D eigenvalue weighted by Crippen LogP contribution is -2.40. The first-order chi connectivity index (χ1) is 5.41. The van der Waals surface area contributed by atoms with Gasteiger partial charge >= 0.3 is 6.18 Å². The average molecular weight is 181 g/mol. The Kier molecular flexibility index (Phi) is 2.41. The molecule has 0 aliphatic heterocycles. The van der Waals surface area contributed by atoms with Crippen LogP contribution in [0.5, 0.6) is 0 Å². The molecule has 2 nitrogen and oxygen atoms in total. The molecule has 1 unspecified atom stereocenters. The van der Waals surface area contributed by atoms with Crippen LogP contribution >= 0.6 is 0 Å². The van der Waals surface area contributed by atoms with Gasteiger partial charge in [0.15, 0.2) is 0 Å². The summed E-state index contributed by atoms with van der Waals surface area (Å²) < 4.78 is 35.2. The highest BCUT2D eigenvalue weighted by molar-refractivity contribution is 5.88. The van der Waals surface area contributed by atoms with Crippen LogP contribution in [0.3, 0.4) is 0 Å². The maximum atomic E-state index is 11.7. The van der Waals surface area contributed by atoms with E-state index in [4.69, 9.17) is 5.73 Å². The summed E-state index contributed by atoms with van der Waals surface area (Å²) in [5, 5.41) is 0. The van der Waals surface area contributed by atoms with Crippen LogP contribution in [0.25, 0.3) is 0 Å². The second-order valence-corrected chi connectivity index (χ2v) is 3.15. The molecule has 1 fully saturated rings. The fourth-order valence-electron chi connectivity index (χ4n) is 1.03. The van der Waals surface area contributed by atoms with Gasteiger partial charge in [0.1, 0.15) is 0 Å². The highest BCUT2D eigenvalue weighted by Gasteiger charge is 2.43. The molecule has 1 atom stereocenters. The van der Waals surface area contributed by atoms with Crippen molar-refractivity contribution in [2.75, 3.05) is 0 Å². The van der Waals surface area contributed by atoms with Gasteiger partial charge in [0.05, 0.1) is 6.04 Å². The zero-order valence-corrected chi connectivity index (χ0v) is 6.40. The monoisotopic (exact) mass is 181 g/mol. The van der Waals surface area contributed by atoms with Gasteiger partial charge in [-0.1, -0.05) is 12.8 Å². The Morgan fingerprint density at radius 2 is 2.00 bits per heavy atom. The first kappa shape index (κ1) is 9.51. The third kappa shape index (κ3) is 2.48. The van der Waals surface area contributed by atoms with Crippen molar-refractivity contribution >= 4 is 5.78 Å². The van der Waals surface area contributed by atoms with Crippen LogP contribution in [0.15, 0.2) is 0 Å². The van der Waals surface area contributed by atoms with Gasteiger partial charge in [0.25, 0.3) is 5.78 Å². The third-order valence-corrected chi connectivity index (χ3v) is 1.90. The zero-order valence-electron chi connectivity index (χ0n) is 6.40. The van der Waals surface area contributed by atoms with E-state index >= 15 is 0 Å². The SMILES string of the molecule is NC(CC1CC1)C(=O)C(F)(F)F. The number of ketones is 1. The van der Waals surface area contributed by atoms with Gasteiger partial charge in [0.2, 0.25) is 0 Å². The molecule has 0 saturated heterocycles. The van der Waals surface area contributed by atoms with Crippen LogP contribution in [0, 0.1) is 5.92 Å². The topological polar surface area (TPSA) is 43.1 Å². The Hall–Kier alpha value is -0.580. The summed E-state index contributed by atoms with van der Waals surface area (Å²) in [4.78, 5) is 10.5. The first-order valence-electron chi connectivity index (χ1n) is 3.78. The van der Waals surface area contributed by atoms with Crippen LogP contribution < -0.4 is 5.73 Å². The van der Waals surface area contributed by atoms with E-state index in [1.165, 1.54) is 0 Å². The molecular weight excluding hydrogens is 171 g/mol. The highest BCUT2D eigenvalue weighted by Crippen LogP contribution is 2.34. The molecule has 0 spiro atoms. The first-order valence-corrected chi connectivity index (χ1v) is 3.78. The van der Waals surface area contributed by atoms with Crippen molar-refractivity contribution < 1.29 is 18.0 Å². The summed E-state index contributed by atoms with van der Waals surface area (Å²) in [5.41, 5.74) is 5.07. The molecular formula is C7H10F3NO. The number of hydrogen-bond acceptors (Lipinski definition) is 2. The van der Waals surface area contributed by atoms with Gasteiger partial charge in [-0.3, -0.25) is 4.79 Å². The van der Waals surface area contributed by atoms with Gasteiger partial charge in [-0.2, -0.15) is 13.2 Å². The van der Waals surface area contributed by atoms with Crippen molar-refractivity contribution in [2.45, 2.75) is 31.5 Å². The molecule has 0 radical (unpaired) electrons. The molecule has 0 amide bonds. The molecule has 1 rings (SSSR count). The van der Waals surface area contributed by atoms with Crippen LogP contribution in [0.1, 0.15) is 19.3 Å². The van der Waals surface area contributed by atoms with Crippen LogP contribution in [0.2, 0.25) is 0 Å². The summed E-state index contributed by atoms with van der Waals surface area (Å²) in [6, 6.07) is -1.35. The maximum Gasteiger partial charge on any atom is 0.451 e. The summed E-state index contributed by atoms with van der Waals surface area (Å²) in [5.74, 6) is -1.55. The van der Waals surface area contributed by atoms with E-state index in [0.29, 0.717) is 0 Å². The molecule has 0 heterocycles. The number of nitrogens with two attached hydrogens (primary N) is 1. The molecule has 0 aromatic rings. The van der Waals surface area contributed by atoms with Crippen molar-refractivity contribution in [2.24, 2.45) is 11.7 Å². The van der Waals surface area contributed by atoms with Crippen molar-refractivity contribution in [1.29, 1.82) is 0 Å². The van der Waals surface area contributed by atoms with Crippen LogP contribution in [-0.2, 0) is 4.79 Å². The number of rotatable bonds is 3. The Bertz CT molecular complexity index is 186. The fourth-order valence-corrected chi connectivity index (χ4v) is 1.03. The lowest BCUT2D eigenvalue weighted by atomic mass is 10.1. The Labute approximate surface area is 67.9 Å². The third-order valence-electron chi connectivity index (χ3n) is 1.90. The lowest BCUT2D eigenvalue weighted by Gasteiger charge is -2.11. The summed E-state index contributed by atoms with van der Waals surface area (Å²) in [6.45, 7) is 0. The van der Waals surface area contributed by atoms with Gasteiger partial charge in [-0.05, 0) is 12.3 Å². The summed E-state index contributed by atoms with van der Waals surface area (Å²) in [6.07, 6.45) is -2.79. The molecule has 12 heavy (non-hydrogen) atoms. The molecule has 5 heteroatoms. The van der Waals surface area contributed by atoms with Crippen molar-refractivity contribution in [1.82, 2.24) is 0 Å². The predicted octanol–water partition coefficient (Wildman–Crippen LogP) is 1.25. The molecule has 1 aliphatic carbocycles. The van der Waals surface area contributed by atoms with Gasteiger partial charge in [-0.15, -0.1) is 0 Å². The second kappa shape index (κ2) is 3.05. The quantitative estimate of drug-likeness (QED) is 0.711. The highest BCUT2D eigenvalue weighted by atomic mass is 19.4. The number of Topliss-reactive ketones (excluding diaryl/α,β-unsaturated/α-hetero) is 1. The standard InChI is InChI=1S/C7H10F3NO/c8-7(9,10)6(12)5(11)3-4-1-2-4/h4-5H,1-3,11H2. The fraction of sp³-hybridized carbons (Fsp3) is 0.857. The van der Waals surface area contributed by atoms with Gasteiger partial charge in [0, 0.05) is 0 Å². The van der Waals surface area contributed by atoms with Crippen molar-refractivity contribution in [3.63, 3.8) is 0 Å². The Morgan fingerprint density at radius 3 is 2.33 bits per heavy atom. The van der Waals surface area contributed by atoms with E-state index in [1.807, 2.05) is 0 Å². The Balaban J connectivity index is 2.39. The summed E-state index contributed by atoms with van der Waals surface area (Å²) >= 11 is 0. The average Bonchev–Trinajstić information content (AvgIpc) is 2.68. The summed E-state index contributed by atoms with van der Waals surface area (Å²) in [7, 11) is 0. The molecule has 70 valence electrons. The molecule has 0 bridgehead atoms. The normalized spacial score (nSPS) is 20.7. The van der Waals surface area contributed by atoms with E-state index in [0.717, 1.165) is 12.8 Å². The van der Waals surface area contributed by atoms with Gasteiger partial charge in [-0.25, -0.2) is 0 Å². The second-order valence-electron chi connectivity index (χ2n) is 3.15. The minimum atomic E-state index is -4.77. The van der Waals surface area contributed by atoms with Crippen LogP contribution in [-0.4, -0.2) is 18.0 Å². The molecule has 0 aromatic carbocycles. The zero-order chi connectivity index (χ0) is 9.35. The number of alkyl halides is 3. The maximum absolute atomic E-state index is 11.7. The molecule has 2 N–H and O–H groups in total. The number of carbonyl (C=O) groups excluding carboxylic acids is 1. The van der Waals surface area contributed by atoms with E-state index in [2.05, 4.69) is 0 Å². The predicted molar refractivity (Wildman–Crippen MR) is 36.4 cm³/mol. The Morgan fingerprint density at radius 1 is 1.50 bits per heavy atom. The molecule has 1 aliphatic rings. The largest absolute Gasteiger partial charge is 0.451 e. The molecule has 1 saturated carbocycles. The number of hydrogen-bond donors (Lipinski definition) is 1. The minimum absolute atomic E-state index is 0.179. The van der Waals surface area contributed by atoms with E-state index in [-0.39, 0.29) is 12.3 Å². The van der Waals surface area contributed by atoms with Crippen LogP contribution in [0.4, 0.5) is 13.2 Å². The number of halogens is 3. The smallest absolute Gasteiger partial charge is 0.321 e. The van der Waals surface area contributed by atoms with E-state index in [9.17, 15) is 18.0 Å². The van der Waals surface area contributed by atoms with E-state index < -0.39 is 18.0 Å². The van der Waals surface area contributed by atoms with Crippen molar-refractivity contribution in [3.8, 4) is 0 Å². The number of carbonyl (C=O) groups is 1. The lowest BCUT2D eigenvalue weighted by molar-refractivity contribution is -0.172. The van der Waals surface area contributed by atoms with Crippen molar-refractivity contribution in [3.05, 3.63) is 0 Å².